The zero-order valence-corrected chi connectivity index (χ0v) is 7.96. The third-order valence-electron chi connectivity index (χ3n) is 2.08. The van der Waals surface area contributed by atoms with Crippen molar-refractivity contribution < 1.29 is 10.0 Å². The van der Waals surface area contributed by atoms with Gasteiger partial charge in [0.25, 0.3) is 5.69 Å². The van der Waals surface area contributed by atoms with E-state index in [1.165, 1.54) is 12.1 Å². The van der Waals surface area contributed by atoms with Crippen molar-refractivity contribution in [2.24, 2.45) is 0 Å². The third kappa shape index (κ3) is 2.76. The SMILES string of the molecule is N#CC(CCO)c1ccc([N+](=O)[O-])cc1. The maximum Gasteiger partial charge on any atom is 0.269 e. The zero-order chi connectivity index (χ0) is 11.3. The van der Waals surface area contributed by atoms with E-state index in [0.29, 0.717) is 12.0 Å². The van der Waals surface area contributed by atoms with Gasteiger partial charge in [0.15, 0.2) is 0 Å². The molecule has 0 radical (unpaired) electrons. The molecule has 0 aliphatic carbocycles. The third-order valence-corrected chi connectivity index (χ3v) is 2.08. The van der Waals surface area contributed by atoms with Crippen LogP contribution in [-0.4, -0.2) is 16.6 Å². The lowest BCUT2D eigenvalue weighted by Gasteiger charge is -2.06. The van der Waals surface area contributed by atoms with Crippen molar-refractivity contribution in [3.05, 3.63) is 39.9 Å². The summed E-state index contributed by atoms with van der Waals surface area (Å²) in [5.41, 5.74) is 0.691. The number of hydrogen-bond acceptors (Lipinski definition) is 4. The highest BCUT2D eigenvalue weighted by Gasteiger charge is 2.11. The lowest BCUT2D eigenvalue weighted by atomic mass is 9.97. The first-order chi connectivity index (χ1) is 7.19. The molecular weight excluding hydrogens is 196 g/mol. The molecule has 0 spiro atoms. The second-order valence-electron chi connectivity index (χ2n) is 3.04. The van der Waals surface area contributed by atoms with E-state index in [1.54, 1.807) is 12.1 Å². The molecule has 1 rings (SSSR count). The van der Waals surface area contributed by atoms with Crippen LogP contribution in [0.15, 0.2) is 24.3 Å². The number of nitrogens with zero attached hydrogens (tertiary/aromatic N) is 2. The normalized spacial score (nSPS) is 11.7. The molecule has 0 bridgehead atoms. The maximum absolute atomic E-state index is 10.4. The summed E-state index contributed by atoms with van der Waals surface area (Å²) in [6.45, 7) is -0.0742. The van der Waals surface area contributed by atoms with Gasteiger partial charge in [-0.2, -0.15) is 5.26 Å². The van der Waals surface area contributed by atoms with Crippen molar-refractivity contribution in [2.75, 3.05) is 6.61 Å². The van der Waals surface area contributed by atoms with Gasteiger partial charge < -0.3 is 5.11 Å². The number of benzene rings is 1. The molecule has 0 aliphatic rings. The van der Waals surface area contributed by atoms with Gasteiger partial charge in [0, 0.05) is 18.7 Å². The van der Waals surface area contributed by atoms with Crippen molar-refractivity contribution >= 4 is 5.69 Å². The van der Waals surface area contributed by atoms with E-state index in [9.17, 15) is 10.1 Å². The number of nitro groups is 1. The molecule has 0 saturated carbocycles. The van der Waals surface area contributed by atoms with Crippen LogP contribution in [-0.2, 0) is 0 Å². The van der Waals surface area contributed by atoms with Crippen LogP contribution in [0.4, 0.5) is 5.69 Å². The predicted octanol–water partition coefficient (Wildman–Crippen LogP) is 1.58. The van der Waals surface area contributed by atoms with Gasteiger partial charge in [-0.1, -0.05) is 12.1 Å². The van der Waals surface area contributed by atoms with E-state index < -0.39 is 10.8 Å². The topological polar surface area (TPSA) is 87.2 Å². The number of aliphatic hydroxyl groups excluding tert-OH is 1. The molecule has 5 nitrogen and oxygen atoms in total. The Kier molecular flexibility index (Phi) is 3.77. The number of non-ortho nitro benzene ring substituents is 1. The maximum atomic E-state index is 10.4. The summed E-state index contributed by atoms with van der Waals surface area (Å²) >= 11 is 0. The van der Waals surface area contributed by atoms with Crippen molar-refractivity contribution in [2.45, 2.75) is 12.3 Å². The van der Waals surface area contributed by atoms with Crippen LogP contribution in [0, 0.1) is 21.4 Å². The summed E-state index contributed by atoms with van der Waals surface area (Å²) < 4.78 is 0. The zero-order valence-electron chi connectivity index (χ0n) is 7.96. The van der Waals surface area contributed by atoms with E-state index in [1.807, 2.05) is 6.07 Å². The lowest BCUT2D eigenvalue weighted by Crippen LogP contribution is -1.99. The first kappa shape index (κ1) is 11.1. The van der Waals surface area contributed by atoms with Gasteiger partial charge in [0.2, 0.25) is 0 Å². The first-order valence-corrected chi connectivity index (χ1v) is 4.44. The molecule has 15 heavy (non-hydrogen) atoms. The number of aliphatic hydroxyl groups is 1. The van der Waals surface area contributed by atoms with E-state index in [0.717, 1.165) is 0 Å². The van der Waals surface area contributed by atoms with Gasteiger partial charge in [-0.05, 0) is 12.0 Å². The Morgan fingerprint density at radius 1 is 1.47 bits per heavy atom. The van der Waals surface area contributed by atoms with Crippen molar-refractivity contribution in [1.29, 1.82) is 5.26 Å². The highest BCUT2D eigenvalue weighted by Crippen LogP contribution is 2.21. The van der Waals surface area contributed by atoms with Crippen LogP contribution in [0.25, 0.3) is 0 Å². The Balaban J connectivity index is 2.88. The Morgan fingerprint density at radius 2 is 2.07 bits per heavy atom. The molecule has 0 saturated heterocycles. The summed E-state index contributed by atoms with van der Waals surface area (Å²) in [5.74, 6) is -0.407. The highest BCUT2D eigenvalue weighted by atomic mass is 16.6. The minimum atomic E-state index is -0.489. The summed E-state index contributed by atoms with van der Waals surface area (Å²) in [4.78, 5) is 9.89. The fourth-order valence-corrected chi connectivity index (χ4v) is 1.26. The molecule has 0 fully saturated rings. The number of nitriles is 1. The standard InChI is InChI=1S/C10H10N2O3/c11-7-9(5-6-13)8-1-3-10(4-2-8)12(14)15/h1-4,9,13H,5-6H2. The Labute approximate surface area is 86.7 Å². The molecule has 1 atom stereocenters. The molecule has 0 aliphatic heterocycles. The fraction of sp³-hybridized carbons (Fsp3) is 0.300. The van der Waals surface area contributed by atoms with Crippen LogP contribution in [0.3, 0.4) is 0 Å². The molecular formula is C10H10N2O3. The molecule has 1 aromatic rings. The average molecular weight is 206 g/mol. The minimum absolute atomic E-state index is 0.000520. The number of hydrogen-bond donors (Lipinski definition) is 1. The summed E-state index contributed by atoms with van der Waals surface area (Å²) in [6.07, 6.45) is 0.342. The van der Waals surface area contributed by atoms with E-state index >= 15 is 0 Å². The monoisotopic (exact) mass is 206 g/mol. The minimum Gasteiger partial charge on any atom is -0.396 e. The van der Waals surface area contributed by atoms with Crippen LogP contribution < -0.4 is 0 Å². The molecule has 1 N–H and O–H groups in total. The summed E-state index contributed by atoms with van der Waals surface area (Å²) in [5, 5.41) is 27.9. The summed E-state index contributed by atoms with van der Waals surface area (Å²) in [6, 6.07) is 7.84. The van der Waals surface area contributed by atoms with E-state index in [-0.39, 0.29) is 12.3 Å². The molecule has 1 unspecified atom stereocenters. The lowest BCUT2D eigenvalue weighted by molar-refractivity contribution is -0.384. The number of rotatable bonds is 4. The molecule has 78 valence electrons. The Hall–Kier alpha value is -1.93. The van der Waals surface area contributed by atoms with Crippen LogP contribution in [0.2, 0.25) is 0 Å². The van der Waals surface area contributed by atoms with Gasteiger partial charge in [-0.3, -0.25) is 10.1 Å². The molecule has 1 aromatic carbocycles. The van der Waals surface area contributed by atoms with E-state index in [4.69, 9.17) is 10.4 Å². The van der Waals surface area contributed by atoms with Crippen LogP contribution >= 0.6 is 0 Å². The molecule has 0 aromatic heterocycles. The largest absolute Gasteiger partial charge is 0.396 e. The fourth-order valence-electron chi connectivity index (χ4n) is 1.26. The van der Waals surface area contributed by atoms with Gasteiger partial charge in [-0.25, -0.2) is 0 Å². The van der Waals surface area contributed by atoms with E-state index in [2.05, 4.69) is 0 Å². The predicted molar refractivity (Wildman–Crippen MR) is 53.2 cm³/mol. The van der Waals surface area contributed by atoms with Crippen molar-refractivity contribution in [3.8, 4) is 6.07 Å². The second kappa shape index (κ2) is 5.08. The van der Waals surface area contributed by atoms with Gasteiger partial charge in [0.05, 0.1) is 16.9 Å². The van der Waals surface area contributed by atoms with Crippen molar-refractivity contribution in [1.82, 2.24) is 0 Å². The van der Waals surface area contributed by atoms with Gasteiger partial charge >= 0.3 is 0 Å². The Bertz CT molecular complexity index is 381. The highest BCUT2D eigenvalue weighted by molar-refractivity contribution is 5.36. The first-order valence-electron chi connectivity index (χ1n) is 4.44. The van der Waals surface area contributed by atoms with Crippen LogP contribution in [0.1, 0.15) is 17.9 Å². The van der Waals surface area contributed by atoms with Crippen molar-refractivity contribution in [3.63, 3.8) is 0 Å². The molecule has 5 heteroatoms. The smallest absolute Gasteiger partial charge is 0.269 e. The van der Waals surface area contributed by atoms with Crippen LogP contribution in [0.5, 0.6) is 0 Å². The number of nitro benzene ring substituents is 1. The Morgan fingerprint density at radius 3 is 2.47 bits per heavy atom. The molecule has 0 amide bonds. The van der Waals surface area contributed by atoms with Gasteiger partial charge in [0.1, 0.15) is 0 Å². The molecule has 0 heterocycles. The quantitative estimate of drug-likeness (QED) is 0.598. The van der Waals surface area contributed by atoms with Gasteiger partial charge in [-0.15, -0.1) is 0 Å². The summed E-state index contributed by atoms with van der Waals surface area (Å²) in [7, 11) is 0. The average Bonchev–Trinajstić information content (AvgIpc) is 2.26. The second-order valence-corrected chi connectivity index (χ2v) is 3.04.